The molecular weight excluding hydrogens is 226 g/mol. The molecule has 92 valence electrons. The van der Waals surface area contributed by atoms with Gasteiger partial charge in [-0.3, -0.25) is 15.1 Å². The zero-order chi connectivity index (χ0) is 12.3. The van der Waals surface area contributed by atoms with Crippen LogP contribution in [0.25, 0.3) is 0 Å². The molecule has 1 aromatic heterocycles. The van der Waals surface area contributed by atoms with Gasteiger partial charge >= 0.3 is 0 Å². The summed E-state index contributed by atoms with van der Waals surface area (Å²) >= 11 is 0. The predicted molar refractivity (Wildman–Crippen MR) is 58.5 cm³/mol. The van der Waals surface area contributed by atoms with E-state index < -0.39 is 4.92 Å². The van der Waals surface area contributed by atoms with Crippen LogP contribution in [0.4, 0.5) is 5.69 Å². The molecule has 0 aliphatic carbocycles. The predicted octanol–water partition coefficient (Wildman–Crippen LogP) is 1.00. The van der Waals surface area contributed by atoms with Crippen molar-refractivity contribution in [3.8, 4) is 5.75 Å². The van der Waals surface area contributed by atoms with Gasteiger partial charge in [-0.2, -0.15) is 5.06 Å². The van der Waals surface area contributed by atoms with Crippen LogP contribution in [-0.2, 0) is 4.84 Å². The number of hydrogen-bond donors (Lipinski definition) is 0. The third-order valence-corrected chi connectivity index (χ3v) is 2.68. The summed E-state index contributed by atoms with van der Waals surface area (Å²) in [7, 11) is 1.61. The van der Waals surface area contributed by atoms with Crippen molar-refractivity contribution in [2.75, 3.05) is 20.3 Å². The summed E-state index contributed by atoms with van der Waals surface area (Å²) in [6.07, 6.45) is 3.65. The van der Waals surface area contributed by atoms with E-state index in [-0.39, 0.29) is 11.7 Å². The van der Waals surface area contributed by atoms with Crippen LogP contribution in [0.1, 0.15) is 6.42 Å². The van der Waals surface area contributed by atoms with Crippen LogP contribution < -0.4 is 4.74 Å². The zero-order valence-electron chi connectivity index (χ0n) is 9.41. The van der Waals surface area contributed by atoms with Gasteiger partial charge in [-0.25, -0.2) is 0 Å². The van der Waals surface area contributed by atoms with E-state index in [0.29, 0.717) is 12.4 Å². The van der Waals surface area contributed by atoms with Gasteiger partial charge in [0.1, 0.15) is 18.6 Å². The van der Waals surface area contributed by atoms with E-state index >= 15 is 0 Å². The summed E-state index contributed by atoms with van der Waals surface area (Å²) < 4.78 is 5.44. The Hall–Kier alpha value is -1.73. The topological polar surface area (TPSA) is 77.7 Å². The van der Waals surface area contributed by atoms with Crippen molar-refractivity contribution < 1.29 is 14.5 Å². The molecule has 0 saturated carbocycles. The van der Waals surface area contributed by atoms with E-state index in [1.807, 2.05) is 5.06 Å². The molecule has 1 aliphatic rings. The molecule has 1 atom stereocenters. The highest BCUT2D eigenvalue weighted by atomic mass is 16.7. The molecule has 0 bridgehead atoms. The number of nitrogens with zero attached hydrogens (tertiary/aromatic N) is 3. The van der Waals surface area contributed by atoms with E-state index in [1.54, 1.807) is 7.11 Å². The molecule has 17 heavy (non-hydrogen) atoms. The lowest BCUT2D eigenvalue weighted by Crippen LogP contribution is -2.49. The minimum atomic E-state index is -0.495. The van der Waals surface area contributed by atoms with E-state index in [1.165, 1.54) is 18.5 Å². The highest BCUT2D eigenvalue weighted by molar-refractivity contribution is 5.33. The van der Waals surface area contributed by atoms with Gasteiger partial charge in [-0.1, -0.05) is 0 Å². The largest absolute Gasteiger partial charge is 0.490 e. The first kappa shape index (κ1) is 11.7. The molecule has 0 radical (unpaired) electrons. The van der Waals surface area contributed by atoms with Crippen LogP contribution in [0.15, 0.2) is 18.5 Å². The average Bonchev–Trinajstić information content (AvgIpc) is 2.29. The zero-order valence-corrected chi connectivity index (χ0v) is 9.41. The number of aromatic nitrogens is 1. The Balaban J connectivity index is 1.90. The van der Waals surface area contributed by atoms with Gasteiger partial charge < -0.3 is 9.57 Å². The summed E-state index contributed by atoms with van der Waals surface area (Å²) in [4.78, 5) is 18.9. The second kappa shape index (κ2) is 5.07. The Morgan fingerprint density at radius 2 is 2.47 bits per heavy atom. The first-order valence-electron chi connectivity index (χ1n) is 5.23. The first-order chi connectivity index (χ1) is 8.20. The normalized spacial score (nSPS) is 19.7. The van der Waals surface area contributed by atoms with Crippen molar-refractivity contribution in [2.45, 2.75) is 12.5 Å². The van der Waals surface area contributed by atoms with Gasteiger partial charge in [-0.15, -0.1) is 0 Å². The molecule has 1 saturated heterocycles. The molecule has 1 aromatic rings. The summed E-state index contributed by atoms with van der Waals surface area (Å²) in [5, 5.41) is 12.3. The van der Waals surface area contributed by atoms with E-state index in [2.05, 4.69) is 4.98 Å². The average molecular weight is 239 g/mol. The maximum Gasteiger partial charge on any atom is 0.291 e. The Kier molecular flexibility index (Phi) is 3.50. The van der Waals surface area contributed by atoms with Crippen molar-refractivity contribution >= 4 is 5.69 Å². The van der Waals surface area contributed by atoms with E-state index in [0.717, 1.165) is 13.0 Å². The van der Waals surface area contributed by atoms with Crippen LogP contribution in [-0.4, -0.2) is 41.3 Å². The summed E-state index contributed by atoms with van der Waals surface area (Å²) in [5.74, 6) is 0.405. The second-order valence-corrected chi connectivity index (χ2v) is 3.71. The van der Waals surface area contributed by atoms with Crippen LogP contribution >= 0.6 is 0 Å². The number of pyridine rings is 1. The number of hydrogen-bond acceptors (Lipinski definition) is 6. The fourth-order valence-electron chi connectivity index (χ4n) is 1.60. The first-order valence-corrected chi connectivity index (χ1v) is 5.23. The molecule has 2 heterocycles. The third kappa shape index (κ3) is 2.69. The molecule has 0 N–H and O–H groups in total. The monoisotopic (exact) mass is 239 g/mol. The number of rotatable bonds is 5. The van der Waals surface area contributed by atoms with Crippen LogP contribution in [0.3, 0.4) is 0 Å². The molecular formula is C10H13N3O4. The van der Waals surface area contributed by atoms with Gasteiger partial charge in [-0.05, 0) is 6.42 Å². The molecule has 0 aromatic carbocycles. The van der Waals surface area contributed by atoms with Gasteiger partial charge in [0.05, 0.1) is 30.3 Å². The van der Waals surface area contributed by atoms with Crippen molar-refractivity contribution in [1.29, 1.82) is 0 Å². The Bertz CT molecular complexity index is 410. The van der Waals surface area contributed by atoms with Crippen LogP contribution in [0, 0.1) is 10.1 Å². The Labute approximate surface area is 98.1 Å². The highest BCUT2D eigenvalue weighted by Gasteiger charge is 2.28. The van der Waals surface area contributed by atoms with E-state index in [9.17, 15) is 10.1 Å². The molecule has 0 spiro atoms. The number of hydroxylamine groups is 2. The molecule has 0 amide bonds. The van der Waals surface area contributed by atoms with Crippen molar-refractivity contribution in [2.24, 2.45) is 0 Å². The molecule has 7 nitrogen and oxygen atoms in total. The number of nitro groups is 1. The smallest absolute Gasteiger partial charge is 0.291 e. The van der Waals surface area contributed by atoms with Crippen molar-refractivity contribution in [1.82, 2.24) is 10.0 Å². The lowest BCUT2D eigenvalue weighted by atomic mass is 10.1. The Morgan fingerprint density at radius 3 is 3.06 bits per heavy atom. The van der Waals surface area contributed by atoms with Crippen molar-refractivity contribution in [3.05, 3.63) is 28.6 Å². The maximum atomic E-state index is 10.5. The van der Waals surface area contributed by atoms with E-state index in [4.69, 9.17) is 9.57 Å². The fraction of sp³-hybridized carbons (Fsp3) is 0.500. The van der Waals surface area contributed by atoms with Crippen LogP contribution in [0.5, 0.6) is 5.75 Å². The van der Waals surface area contributed by atoms with Gasteiger partial charge in [0, 0.05) is 6.54 Å². The quantitative estimate of drug-likeness (QED) is 0.563. The molecule has 1 fully saturated rings. The molecule has 1 aliphatic heterocycles. The third-order valence-electron chi connectivity index (χ3n) is 2.68. The van der Waals surface area contributed by atoms with Gasteiger partial charge in [0.2, 0.25) is 0 Å². The standard InChI is InChI=1S/C10H13N3O4/c1-16-12-3-2-8(12)7-17-10-4-9(13(14)15)5-11-6-10/h4-6,8H,2-3,7H2,1H3/t8-/m0/s1. The summed E-state index contributed by atoms with van der Waals surface area (Å²) in [6.45, 7) is 1.33. The minimum Gasteiger partial charge on any atom is -0.490 e. The van der Waals surface area contributed by atoms with Crippen LogP contribution in [0.2, 0.25) is 0 Å². The van der Waals surface area contributed by atoms with Gasteiger partial charge in [0.25, 0.3) is 5.69 Å². The SMILES string of the molecule is CON1CC[C@H]1COc1cncc([N+](=O)[O-])c1. The van der Waals surface area contributed by atoms with Gasteiger partial charge in [0.15, 0.2) is 0 Å². The minimum absolute atomic E-state index is 0.0697. The lowest BCUT2D eigenvalue weighted by Gasteiger charge is -2.37. The summed E-state index contributed by atoms with van der Waals surface area (Å²) in [6, 6.07) is 1.57. The lowest BCUT2D eigenvalue weighted by molar-refractivity contribution is -0.385. The molecule has 0 unspecified atom stereocenters. The highest BCUT2D eigenvalue weighted by Crippen LogP contribution is 2.21. The summed E-state index contributed by atoms with van der Waals surface area (Å²) in [5.41, 5.74) is -0.0697. The number of ether oxygens (including phenoxy) is 1. The Morgan fingerprint density at radius 1 is 1.65 bits per heavy atom. The maximum absolute atomic E-state index is 10.5. The molecule has 2 rings (SSSR count). The second-order valence-electron chi connectivity index (χ2n) is 3.71. The molecule has 7 heteroatoms. The van der Waals surface area contributed by atoms with Crippen molar-refractivity contribution in [3.63, 3.8) is 0 Å². The fourth-order valence-corrected chi connectivity index (χ4v) is 1.60.